The highest BCUT2D eigenvalue weighted by Crippen LogP contribution is 2.21. The lowest BCUT2D eigenvalue weighted by atomic mass is 10.0. The number of hydrogen-bond acceptors (Lipinski definition) is 4. The molecule has 0 aromatic carbocycles. The van der Waals surface area contributed by atoms with E-state index in [1.165, 1.54) is 0 Å². The van der Waals surface area contributed by atoms with Gasteiger partial charge < -0.3 is 20.5 Å². The van der Waals surface area contributed by atoms with Gasteiger partial charge in [-0.3, -0.25) is 4.79 Å². The van der Waals surface area contributed by atoms with Gasteiger partial charge in [-0.15, -0.1) is 0 Å². The molecule has 1 fully saturated rings. The molecule has 1 aliphatic heterocycles. The molecule has 0 radical (unpaired) electrons. The molecule has 0 saturated carbocycles. The fourth-order valence-electron chi connectivity index (χ4n) is 1.67. The summed E-state index contributed by atoms with van der Waals surface area (Å²) in [7, 11) is 1.66. The molecule has 1 heterocycles. The molecular formula is C11H22N2O3. The molecule has 0 aromatic rings. The van der Waals surface area contributed by atoms with Gasteiger partial charge in [0.15, 0.2) is 0 Å². The van der Waals surface area contributed by atoms with E-state index in [1.54, 1.807) is 7.11 Å². The summed E-state index contributed by atoms with van der Waals surface area (Å²) in [6.45, 7) is 3.66. The topological polar surface area (TPSA) is 73.6 Å². The number of ether oxygens (including phenoxy) is 2. The van der Waals surface area contributed by atoms with Crippen molar-refractivity contribution in [2.75, 3.05) is 26.9 Å². The zero-order valence-corrected chi connectivity index (χ0v) is 10.1. The Hall–Kier alpha value is -0.650. The minimum absolute atomic E-state index is 0.0284. The van der Waals surface area contributed by atoms with Crippen LogP contribution < -0.4 is 11.1 Å². The molecule has 1 rings (SSSR count). The summed E-state index contributed by atoms with van der Waals surface area (Å²) in [6, 6.07) is 0.0666. The van der Waals surface area contributed by atoms with Crippen LogP contribution in [0.4, 0.5) is 0 Å². The van der Waals surface area contributed by atoms with E-state index in [0.29, 0.717) is 32.6 Å². The van der Waals surface area contributed by atoms with E-state index in [2.05, 4.69) is 5.32 Å². The Bertz CT molecular complexity index is 225. The summed E-state index contributed by atoms with van der Waals surface area (Å²) in [5, 5.41) is 2.87. The summed E-state index contributed by atoms with van der Waals surface area (Å²) in [6.07, 6.45) is 2.01. The van der Waals surface area contributed by atoms with E-state index in [9.17, 15) is 4.79 Å². The second-order valence-corrected chi connectivity index (χ2v) is 4.48. The third-order valence-corrected chi connectivity index (χ3v) is 2.93. The minimum Gasteiger partial charge on any atom is -0.378 e. The van der Waals surface area contributed by atoms with E-state index in [0.717, 1.165) is 6.42 Å². The van der Waals surface area contributed by atoms with Crippen molar-refractivity contribution in [2.24, 2.45) is 5.73 Å². The van der Waals surface area contributed by atoms with E-state index in [1.807, 2.05) is 6.92 Å². The molecule has 16 heavy (non-hydrogen) atoms. The van der Waals surface area contributed by atoms with Crippen LogP contribution in [0.25, 0.3) is 0 Å². The van der Waals surface area contributed by atoms with Crippen molar-refractivity contribution >= 4 is 5.91 Å². The fourth-order valence-corrected chi connectivity index (χ4v) is 1.67. The number of carbonyl (C=O) groups excluding carboxylic acids is 1. The molecule has 94 valence electrons. The number of nitrogens with one attached hydrogen (secondary N) is 1. The summed E-state index contributed by atoms with van der Waals surface area (Å²) < 4.78 is 10.7. The number of methoxy groups -OCH3 is 1. The van der Waals surface area contributed by atoms with Gasteiger partial charge in [-0.25, -0.2) is 0 Å². The van der Waals surface area contributed by atoms with Crippen molar-refractivity contribution in [3.05, 3.63) is 0 Å². The molecule has 5 heteroatoms. The molecule has 1 aliphatic rings. The summed E-state index contributed by atoms with van der Waals surface area (Å²) in [5.74, 6) is 0.0284. The Balaban J connectivity index is 2.24. The monoisotopic (exact) mass is 230 g/mol. The predicted molar refractivity (Wildman–Crippen MR) is 61.1 cm³/mol. The van der Waals surface area contributed by atoms with Gasteiger partial charge in [-0.05, 0) is 13.3 Å². The summed E-state index contributed by atoms with van der Waals surface area (Å²) in [5.41, 5.74) is 5.26. The maximum atomic E-state index is 11.5. The Labute approximate surface area is 96.7 Å². The van der Waals surface area contributed by atoms with E-state index in [4.69, 9.17) is 15.2 Å². The van der Waals surface area contributed by atoms with Gasteiger partial charge in [0.05, 0.1) is 6.61 Å². The van der Waals surface area contributed by atoms with Crippen LogP contribution in [-0.2, 0) is 14.3 Å². The number of nitrogens with two attached hydrogens (primary N) is 1. The standard InChI is InChI=1S/C11H22N2O3/c1-9(12)3-4-10(14)13-7-11(15-2)5-6-16-8-11/h9H,3-8,12H2,1-2H3,(H,13,14). The molecule has 0 bridgehead atoms. The highest BCUT2D eigenvalue weighted by atomic mass is 16.5. The Morgan fingerprint density at radius 2 is 2.44 bits per heavy atom. The maximum Gasteiger partial charge on any atom is 0.220 e. The highest BCUT2D eigenvalue weighted by molar-refractivity contribution is 5.75. The second-order valence-electron chi connectivity index (χ2n) is 4.48. The van der Waals surface area contributed by atoms with Crippen molar-refractivity contribution in [3.8, 4) is 0 Å². The third kappa shape index (κ3) is 4.08. The first kappa shape index (κ1) is 13.4. The number of rotatable bonds is 6. The molecule has 1 amide bonds. The van der Waals surface area contributed by atoms with Crippen LogP contribution in [-0.4, -0.2) is 44.4 Å². The molecule has 2 atom stereocenters. The normalized spacial score (nSPS) is 26.7. The van der Waals surface area contributed by atoms with Crippen LogP contribution in [0.2, 0.25) is 0 Å². The summed E-state index contributed by atoms with van der Waals surface area (Å²) >= 11 is 0. The zero-order chi connectivity index (χ0) is 12.0. The van der Waals surface area contributed by atoms with Gasteiger partial charge in [0, 0.05) is 39.1 Å². The van der Waals surface area contributed by atoms with Gasteiger partial charge >= 0.3 is 0 Å². The largest absolute Gasteiger partial charge is 0.378 e. The van der Waals surface area contributed by atoms with Crippen molar-refractivity contribution in [3.63, 3.8) is 0 Å². The third-order valence-electron chi connectivity index (χ3n) is 2.93. The Morgan fingerprint density at radius 1 is 1.69 bits per heavy atom. The smallest absolute Gasteiger partial charge is 0.220 e. The lowest BCUT2D eigenvalue weighted by Crippen LogP contribution is -2.45. The maximum absolute atomic E-state index is 11.5. The van der Waals surface area contributed by atoms with E-state index in [-0.39, 0.29) is 17.6 Å². The molecular weight excluding hydrogens is 208 g/mol. The fraction of sp³-hybridized carbons (Fsp3) is 0.909. The molecule has 5 nitrogen and oxygen atoms in total. The number of carbonyl (C=O) groups is 1. The van der Waals surface area contributed by atoms with Gasteiger partial charge in [-0.2, -0.15) is 0 Å². The van der Waals surface area contributed by atoms with Crippen LogP contribution in [0.5, 0.6) is 0 Å². The first-order valence-electron chi connectivity index (χ1n) is 5.73. The minimum atomic E-state index is -0.329. The van der Waals surface area contributed by atoms with E-state index >= 15 is 0 Å². The van der Waals surface area contributed by atoms with Gasteiger partial charge in [0.2, 0.25) is 5.91 Å². The molecule has 0 aromatic heterocycles. The number of amides is 1. The average molecular weight is 230 g/mol. The number of hydrogen-bond donors (Lipinski definition) is 2. The van der Waals surface area contributed by atoms with Gasteiger partial charge in [0.25, 0.3) is 0 Å². The molecule has 0 aliphatic carbocycles. The van der Waals surface area contributed by atoms with Crippen LogP contribution in [0.1, 0.15) is 26.2 Å². The van der Waals surface area contributed by atoms with Crippen LogP contribution >= 0.6 is 0 Å². The van der Waals surface area contributed by atoms with Gasteiger partial charge in [-0.1, -0.05) is 0 Å². The zero-order valence-electron chi connectivity index (χ0n) is 10.1. The first-order valence-corrected chi connectivity index (χ1v) is 5.73. The van der Waals surface area contributed by atoms with E-state index < -0.39 is 0 Å². The molecule has 1 saturated heterocycles. The lowest BCUT2D eigenvalue weighted by molar-refractivity contribution is -0.122. The highest BCUT2D eigenvalue weighted by Gasteiger charge is 2.35. The molecule has 2 unspecified atom stereocenters. The van der Waals surface area contributed by atoms with Crippen molar-refractivity contribution in [1.29, 1.82) is 0 Å². The Kier molecular flexibility index (Phi) is 5.18. The van der Waals surface area contributed by atoms with Gasteiger partial charge in [0.1, 0.15) is 5.60 Å². The lowest BCUT2D eigenvalue weighted by Gasteiger charge is -2.25. The Morgan fingerprint density at radius 3 is 2.94 bits per heavy atom. The van der Waals surface area contributed by atoms with Crippen molar-refractivity contribution < 1.29 is 14.3 Å². The first-order chi connectivity index (χ1) is 7.58. The van der Waals surface area contributed by atoms with Crippen molar-refractivity contribution in [1.82, 2.24) is 5.32 Å². The SMILES string of the molecule is COC1(CNC(=O)CCC(C)N)CCOC1. The van der Waals surface area contributed by atoms with Crippen LogP contribution in [0.15, 0.2) is 0 Å². The van der Waals surface area contributed by atoms with Crippen LogP contribution in [0, 0.1) is 0 Å². The predicted octanol–water partition coefficient (Wildman–Crippen LogP) is 0.0355. The molecule has 0 spiro atoms. The quantitative estimate of drug-likeness (QED) is 0.675. The average Bonchev–Trinajstić information content (AvgIpc) is 2.73. The second kappa shape index (κ2) is 6.18. The van der Waals surface area contributed by atoms with Crippen LogP contribution in [0.3, 0.4) is 0 Å². The molecule has 3 N–H and O–H groups in total. The summed E-state index contributed by atoms with van der Waals surface area (Å²) in [4.78, 5) is 11.5. The van der Waals surface area contributed by atoms with Crippen molar-refractivity contribution in [2.45, 2.75) is 37.8 Å².